The molecule has 1 aromatic rings. The Labute approximate surface area is 128 Å². The minimum atomic E-state index is -0.423. The van der Waals surface area contributed by atoms with Crippen LogP contribution in [0.2, 0.25) is 0 Å². The van der Waals surface area contributed by atoms with E-state index in [0.717, 1.165) is 11.5 Å². The molecule has 0 aliphatic heterocycles. The molecular formula is C18H29NO2. The molecule has 2 rings (SSSR count). The van der Waals surface area contributed by atoms with Crippen LogP contribution in [-0.2, 0) is 11.3 Å². The minimum Gasteiger partial charge on any atom is -0.389 e. The van der Waals surface area contributed by atoms with E-state index in [1.54, 1.807) is 0 Å². The van der Waals surface area contributed by atoms with E-state index in [-0.39, 0.29) is 0 Å². The fourth-order valence-electron chi connectivity index (χ4n) is 3.20. The van der Waals surface area contributed by atoms with Crippen molar-refractivity contribution in [1.29, 1.82) is 0 Å². The molecule has 1 aliphatic carbocycles. The third kappa shape index (κ3) is 5.77. The normalized spacial score (nSPS) is 23.9. The highest BCUT2D eigenvalue weighted by Gasteiger charge is 2.23. The molecule has 2 N–H and O–H groups in total. The van der Waals surface area contributed by atoms with E-state index in [2.05, 4.69) is 12.2 Å². The first kappa shape index (κ1) is 16.5. The first-order valence-corrected chi connectivity index (χ1v) is 8.32. The van der Waals surface area contributed by atoms with Gasteiger partial charge in [-0.1, -0.05) is 56.5 Å². The Morgan fingerprint density at radius 3 is 2.76 bits per heavy atom. The summed E-state index contributed by atoms with van der Waals surface area (Å²) in [5, 5.41) is 13.6. The molecule has 3 atom stereocenters. The molecule has 0 spiro atoms. The zero-order valence-electron chi connectivity index (χ0n) is 13.1. The highest BCUT2D eigenvalue weighted by molar-refractivity contribution is 5.13. The van der Waals surface area contributed by atoms with Crippen LogP contribution in [-0.4, -0.2) is 30.4 Å². The molecule has 0 bridgehead atoms. The number of hydrogen-bond donors (Lipinski definition) is 2. The van der Waals surface area contributed by atoms with Crippen molar-refractivity contribution in [2.45, 2.75) is 57.8 Å². The lowest BCUT2D eigenvalue weighted by Gasteiger charge is -2.32. The molecular weight excluding hydrogens is 262 g/mol. The summed E-state index contributed by atoms with van der Waals surface area (Å²) in [6.45, 7) is 3.87. The number of aliphatic hydroxyl groups excluding tert-OH is 1. The fourth-order valence-corrected chi connectivity index (χ4v) is 3.20. The van der Waals surface area contributed by atoms with Crippen molar-refractivity contribution in [3.8, 4) is 0 Å². The quantitative estimate of drug-likeness (QED) is 0.773. The molecule has 0 heterocycles. The van der Waals surface area contributed by atoms with Crippen LogP contribution in [0.1, 0.15) is 44.6 Å². The highest BCUT2D eigenvalue weighted by atomic mass is 16.5. The number of benzene rings is 1. The fraction of sp³-hybridized carbons (Fsp3) is 0.667. The molecule has 3 nitrogen and oxygen atoms in total. The van der Waals surface area contributed by atoms with Gasteiger partial charge in [0, 0.05) is 12.6 Å². The van der Waals surface area contributed by atoms with Crippen molar-refractivity contribution in [2.24, 2.45) is 5.92 Å². The first-order chi connectivity index (χ1) is 10.3. The van der Waals surface area contributed by atoms with E-state index in [1.807, 2.05) is 30.3 Å². The maximum Gasteiger partial charge on any atom is 0.0897 e. The molecule has 3 unspecified atom stereocenters. The van der Waals surface area contributed by atoms with Gasteiger partial charge in [-0.15, -0.1) is 0 Å². The zero-order chi connectivity index (χ0) is 14.9. The van der Waals surface area contributed by atoms with Crippen molar-refractivity contribution in [3.05, 3.63) is 35.9 Å². The average Bonchev–Trinajstić information content (AvgIpc) is 2.54. The number of rotatable bonds is 8. The SMILES string of the molecule is CCC1CCCCC1NCC(O)COCc1ccccc1. The minimum absolute atomic E-state index is 0.394. The third-order valence-corrected chi connectivity index (χ3v) is 4.47. The lowest BCUT2D eigenvalue weighted by Crippen LogP contribution is -2.43. The molecule has 3 heteroatoms. The summed E-state index contributed by atoms with van der Waals surface area (Å²) in [6.07, 6.45) is 6.06. The largest absolute Gasteiger partial charge is 0.389 e. The van der Waals surface area contributed by atoms with E-state index in [9.17, 15) is 5.11 Å². The average molecular weight is 291 g/mol. The van der Waals surface area contributed by atoms with Crippen molar-refractivity contribution >= 4 is 0 Å². The molecule has 1 aliphatic rings. The van der Waals surface area contributed by atoms with E-state index in [1.165, 1.54) is 32.1 Å². The number of aliphatic hydroxyl groups is 1. The Bertz CT molecular complexity index is 382. The third-order valence-electron chi connectivity index (χ3n) is 4.47. The van der Waals surface area contributed by atoms with Gasteiger partial charge in [0.2, 0.25) is 0 Å². The Morgan fingerprint density at radius 1 is 1.24 bits per heavy atom. The second-order valence-electron chi connectivity index (χ2n) is 6.12. The van der Waals surface area contributed by atoms with Gasteiger partial charge in [0.05, 0.1) is 19.3 Å². The van der Waals surface area contributed by atoms with Crippen LogP contribution < -0.4 is 5.32 Å². The second-order valence-corrected chi connectivity index (χ2v) is 6.12. The summed E-state index contributed by atoms with van der Waals surface area (Å²) >= 11 is 0. The van der Waals surface area contributed by atoms with Crippen molar-refractivity contribution < 1.29 is 9.84 Å². The maximum absolute atomic E-state index is 10.0. The Balaban J connectivity index is 1.61. The van der Waals surface area contributed by atoms with Gasteiger partial charge in [-0.2, -0.15) is 0 Å². The molecule has 0 aromatic heterocycles. The summed E-state index contributed by atoms with van der Waals surface area (Å²) in [5.74, 6) is 0.774. The van der Waals surface area contributed by atoms with E-state index >= 15 is 0 Å². The van der Waals surface area contributed by atoms with E-state index in [0.29, 0.717) is 25.8 Å². The van der Waals surface area contributed by atoms with Gasteiger partial charge in [-0.25, -0.2) is 0 Å². The first-order valence-electron chi connectivity index (χ1n) is 8.32. The van der Waals surface area contributed by atoms with Crippen LogP contribution in [0.5, 0.6) is 0 Å². The van der Waals surface area contributed by atoms with Crippen molar-refractivity contribution in [1.82, 2.24) is 5.32 Å². The maximum atomic E-state index is 10.0. The van der Waals surface area contributed by atoms with Crippen LogP contribution in [0, 0.1) is 5.92 Å². The Morgan fingerprint density at radius 2 is 2.00 bits per heavy atom. The molecule has 1 aromatic carbocycles. The molecule has 118 valence electrons. The Kier molecular flexibility index (Phi) is 7.20. The lowest BCUT2D eigenvalue weighted by atomic mass is 9.83. The van der Waals surface area contributed by atoms with Gasteiger partial charge in [-0.05, 0) is 24.3 Å². The summed E-state index contributed by atoms with van der Waals surface area (Å²) < 4.78 is 5.58. The summed E-state index contributed by atoms with van der Waals surface area (Å²) in [6, 6.07) is 10.7. The molecule has 0 radical (unpaired) electrons. The standard InChI is InChI=1S/C18H29NO2/c1-2-16-10-6-7-11-18(16)19-12-17(20)14-21-13-15-8-4-3-5-9-15/h3-5,8-9,16-20H,2,6-7,10-14H2,1H3. The number of ether oxygens (including phenoxy) is 1. The molecule has 21 heavy (non-hydrogen) atoms. The van der Waals surface area contributed by atoms with Crippen LogP contribution in [0.15, 0.2) is 30.3 Å². The van der Waals surface area contributed by atoms with Gasteiger partial charge in [-0.3, -0.25) is 0 Å². The molecule has 0 saturated heterocycles. The molecule has 1 saturated carbocycles. The van der Waals surface area contributed by atoms with E-state index < -0.39 is 6.10 Å². The van der Waals surface area contributed by atoms with Crippen LogP contribution in [0.25, 0.3) is 0 Å². The molecule has 1 fully saturated rings. The van der Waals surface area contributed by atoms with Crippen molar-refractivity contribution in [2.75, 3.05) is 13.2 Å². The zero-order valence-corrected chi connectivity index (χ0v) is 13.1. The van der Waals surface area contributed by atoms with Crippen LogP contribution in [0.3, 0.4) is 0 Å². The topological polar surface area (TPSA) is 41.5 Å². The van der Waals surface area contributed by atoms with Gasteiger partial charge < -0.3 is 15.2 Å². The van der Waals surface area contributed by atoms with Gasteiger partial charge in [0.1, 0.15) is 0 Å². The smallest absolute Gasteiger partial charge is 0.0897 e. The highest BCUT2D eigenvalue weighted by Crippen LogP contribution is 2.26. The van der Waals surface area contributed by atoms with Gasteiger partial charge in [0.15, 0.2) is 0 Å². The lowest BCUT2D eigenvalue weighted by molar-refractivity contribution is 0.0257. The number of hydrogen-bond acceptors (Lipinski definition) is 3. The van der Waals surface area contributed by atoms with E-state index in [4.69, 9.17) is 4.74 Å². The summed E-state index contributed by atoms with van der Waals surface area (Å²) in [7, 11) is 0. The summed E-state index contributed by atoms with van der Waals surface area (Å²) in [4.78, 5) is 0. The van der Waals surface area contributed by atoms with Crippen LogP contribution in [0.4, 0.5) is 0 Å². The van der Waals surface area contributed by atoms with Crippen molar-refractivity contribution in [3.63, 3.8) is 0 Å². The Hall–Kier alpha value is -0.900. The summed E-state index contributed by atoms with van der Waals surface area (Å²) in [5.41, 5.74) is 1.15. The van der Waals surface area contributed by atoms with Crippen LogP contribution >= 0.6 is 0 Å². The predicted molar refractivity (Wildman–Crippen MR) is 86.1 cm³/mol. The second kappa shape index (κ2) is 9.19. The predicted octanol–water partition coefficient (Wildman–Crippen LogP) is 3.12. The van der Waals surface area contributed by atoms with Gasteiger partial charge in [0.25, 0.3) is 0 Å². The monoisotopic (exact) mass is 291 g/mol. The van der Waals surface area contributed by atoms with Gasteiger partial charge >= 0.3 is 0 Å². The molecule has 0 amide bonds. The number of nitrogens with one attached hydrogen (secondary N) is 1.